The fraction of sp³-hybridized carbons (Fsp3) is 0.500. The summed E-state index contributed by atoms with van der Waals surface area (Å²) in [5.41, 5.74) is 4.62. The number of urea groups is 1. The number of rotatable bonds is 6. The maximum atomic E-state index is 12.7. The average molecular weight is 440 g/mol. The van der Waals surface area contributed by atoms with Gasteiger partial charge in [0.05, 0.1) is 20.3 Å². The van der Waals surface area contributed by atoms with Crippen molar-refractivity contribution in [2.24, 2.45) is 0 Å². The number of amides is 2. The molecule has 2 N–H and O–H groups in total. The zero-order chi connectivity index (χ0) is 23.5. The minimum Gasteiger partial charge on any atom is -0.493 e. The summed E-state index contributed by atoms with van der Waals surface area (Å²) in [6.07, 6.45) is 0.916. The second-order valence-electron chi connectivity index (χ2n) is 9.70. The lowest BCUT2D eigenvalue weighted by Crippen LogP contribution is -2.53. The summed E-state index contributed by atoms with van der Waals surface area (Å²) in [5, 5.41) is 6.19. The standard InChI is InChI=1S/C26H37N3O3/c1-17-9-8-10-19(13-17)16-29-12-11-20-14-22(31-6)23(32-7)15-21(20)24(29)18(2)27-25(30)28-26(3,4)5/h8-10,13-15,18,24H,11-12,16H2,1-7H3,(H2,27,28,30)/t18-,24-/m0/s1. The first kappa shape index (κ1) is 23.9. The summed E-state index contributed by atoms with van der Waals surface area (Å²) in [5.74, 6) is 1.45. The Balaban J connectivity index is 1.96. The van der Waals surface area contributed by atoms with Crippen LogP contribution in [0.2, 0.25) is 0 Å². The van der Waals surface area contributed by atoms with Gasteiger partial charge in [0.25, 0.3) is 0 Å². The maximum absolute atomic E-state index is 12.7. The Morgan fingerprint density at radius 2 is 1.84 bits per heavy atom. The Hall–Kier alpha value is -2.73. The van der Waals surface area contributed by atoms with Crippen LogP contribution in [0.25, 0.3) is 0 Å². The number of hydrogen-bond donors (Lipinski definition) is 2. The summed E-state index contributed by atoms with van der Waals surface area (Å²) < 4.78 is 11.1. The van der Waals surface area contributed by atoms with Gasteiger partial charge in [-0.25, -0.2) is 4.79 Å². The molecule has 0 saturated heterocycles. The Labute approximate surface area is 192 Å². The van der Waals surface area contributed by atoms with Crippen LogP contribution in [0.1, 0.15) is 56.0 Å². The van der Waals surface area contributed by atoms with Gasteiger partial charge >= 0.3 is 6.03 Å². The molecule has 1 heterocycles. The number of nitrogens with zero attached hydrogens (tertiary/aromatic N) is 1. The molecule has 2 amide bonds. The molecule has 2 aromatic carbocycles. The summed E-state index contributed by atoms with van der Waals surface area (Å²) in [6, 6.07) is 12.5. The van der Waals surface area contributed by atoms with Gasteiger partial charge in [-0.1, -0.05) is 29.8 Å². The van der Waals surface area contributed by atoms with E-state index in [1.165, 1.54) is 22.3 Å². The second kappa shape index (κ2) is 9.82. The molecule has 6 nitrogen and oxygen atoms in total. The first-order chi connectivity index (χ1) is 15.1. The number of hydrogen-bond acceptors (Lipinski definition) is 4. The van der Waals surface area contributed by atoms with E-state index >= 15 is 0 Å². The molecule has 3 rings (SSSR count). The molecule has 32 heavy (non-hydrogen) atoms. The molecular formula is C26H37N3O3. The van der Waals surface area contributed by atoms with Crippen LogP contribution in [0.3, 0.4) is 0 Å². The Kier molecular flexibility index (Phi) is 7.34. The zero-order valence-electron chi connectivity index (χ0n) is 20.4. The zero-order valence-corrected chi connectivity index (χ0v) is 20.4. The van der Waals surface area contributed by atoms with Gasteiger partial charge in [-0.3, -0.25) is 4.90 Å². The van der Waals surface area contributed by atoms with Crippen LogP contribution >= 0.6 is 0 Å². The number of carbonyl (C=O) groups is 1. The van der Waals surface area contributed by atoms with E-state index in [1.807, 2.05) is 20.8 Å². The van der Waals surface area contributed by atoms with E-state index in [2.05, 4.69) is 65.8 Å². The van der Waals surface area contributed by atoms with Crippen LogP contribution < -0.4 is 20.1 Å². The van der Waals surface area contributed by atoms with Crippen molar-refractivity contribution in [2.75, 3.05) is 20.8 Å². The maximum Gasteiger partial charge on any atom is 0.315 e. The largest absolute Gasteiger partial charge is 0.493 e. The third-order valence-corrected chi connectivity index (χ3v) is 5.81. The van der Waals surface area contributed by atoms with E-state index < -0.39 is 0 Å². The number of fused-ring (bicyclic) bond motifs is 1. The number of aryl methyl sites for hydroxylation is 1. The van der Waals surface area contributed by atoms with Gasteiger partial charge in [-0.15, -0.1) is 0 Å². The van der Waals surface area contributed by atoms with Crippen molar-refractivity contribution in [3.8, 4) is 11.5 Å². The predicted molar refractivity (Wildman–Crippen MR) is 128 cm³/mol. The molecule has 0 aliphatic carbocycles. The normalized spacial score (nSPS) is 17.3. The third kappa shape index (κ3) is 5.74. The number of benzene rings is 2. The smallest absolute Gasteiger partial charge is 0.315 e. The molecule has 0 radical (unpaired) electrons. The van der Waals surface area contributed by atoms with Crippen LogP contribution in [0.15, 0.2) is 36.4 Å². The van der Waals surface area contributed by atoms with Crippen molar-refractivity contribution >= 4 is 6.03 Å². The summed E-state index contributed by atoms with van der Waals surface area (Å²) >= 11 is 0. The lowest BCUT2D eigenvalue weighted by Gasteiger charge is -2.41. The minimum atomic E-state index is -0.299. The molecule has 0 aromatic heterocycles. The highest BCUT2D eigenvalue weighted by Gasteiger charge is 2.34. The molecule has 174 valence electrons. The third-order valence-electron chi connectivity index (χ3n) is 5.81. The Morgan fingerprint density at radius 1 is 1.16 bits per heavy atom. The molecule has 0 saturated carbocycles. The SMILES string of the molecule is COc1cc2c(cc1OC)[C@H]([C@H](C)NC(=O)NC(C)(C)C)N(Cc1cccc(C)c1)CC2. The van der Waals surface area contributed by atoms with E-state index in [0.29, 0.717) is 5.75 Å². The highest BCUT2D eigenvalue weighted by molar-refractivity contribution is 5.75. The van der Waals surface area contributed by atoms with Gasteiger partial charge in [0.15, 0.2) is 11.5 Å². The van der Waals surface area contributed by atoms with Crippen molar-refractivity contribution in [3.05, 3.63) is 58.7 Å². The fourth-order valence-corrected chi connectivity index (χ4v) is 4.50. The van der Waals surface area contributed by atoms with Gasteiger partial charge in [0.1, 0.15) is 0 Å². The van der Waals surface area contributed by atoms with Crippen molar-refractivity contribution < 1.29 is 14.3 Å². The van der Waals surface area contributed by atoms with Crippen molar-refractivity contribution in [1.29, 1.82) is 0 Å². The number of ether oxygens (including phenoxy) is 2. The van der Waals surface area contributed by atoms with E-state index in [9.17, 15) is 4.79 Å². The number of nitrogens with one attached hydrogen (secondary N) is 2. The predicted octanol–water partition coefficient (Wildman–Crippen LogP) is 4.60. The van der Waals surface area contributed by atoms with Crippen LogP contribution in [0.5, 0.6) is 11.5 Å². The Bertz CT molecular complexity index is 952. The van der Waals surface area contributed by atoms with Gasteiger partial charge in [-0.2, -0.15) is 0 Å². The molecule has 1 aliphatic heterocycles. The second-order valence-corrected chi connectivity index (χ2v) is 9.70. The first-order valence-corrected chi connectivity index (χ1v) is 11.2. The van der Waals surface area contributed by atoms with Crippen molar-refractivity contribution in [2.45, 2.75) is 65.2 Å². The number of carbonyl (C=O) groups excluding carboxylic acids is 1. The van der Waals surface area contributed by atoms with Gasteiger partial charge in [0, 0.05) is 24.7 Å². The molecule has 0 bridgehead atoms. The van der Waals surface area contributed by atoms with E-state index in [0.717, 1.165) is 25.3 Å². The molecule has 0 unspecified atom stereocenters. The molecule has 1 aliphatic rings. The molecule has 2 atom stereocenters. The summed E-state index contributed by atoms with van der Waals surface area (Å²) in [4.78, 5) is 15.1. The lowest BCUT2D eigenvalue weighted by atomic mass is 9.87. The van der Waals surface area contributed by atoms with Gasteiger partial charge in [-0.05, 0) is 69.9 Å². The lowest BCUT2D eigenvalue weighted by molar-refractivity contribution is 0.142. The fourth-order valence-electron chi connectivity index (χ4n) is 4.50. The molecule has 0 spiro atoms. The topological polar surface area (TPSA) is 62.8 Å². The quantitative estimate of drug-likeness (QED) is 0.691. The number of methoxy groups -OCH3 is 2. The van der Waals surface area contributed by atoms with Crippen LogP contribution in [-0.4, -0.2) is 43.3 Å². The first-order valence-electron chi connectivity index (χ1n) is 11.2. The highest BCUT2D eigenvalue weighted by atomic mass is 16.5. The van der Waals surface area contributed by atoms with Crippen LogP contribution in [-0.2, 0) is 13.0 Å². The molecule has 2 aromatic rings. The monoisotopic (exact) mass is 439 g/mol. The Morgan fingerprint density at radius 3 is 2.47 bits per heavy atom. The summed E-state index contributed by atoms with van der Waals surface area (Å²) in [7, 11) is 3.32. The van der Waals surface area contributed by atoms with Crippen LogP contribution in [0, 0.1) is 6.92 Å². The summed E-state index contributed by atoms with van der Waals surface area (Å²) in [6.45, 7) is 11.8. The van der Waals surface area contributed by atoms with E-state index in [-0.39, 0.29) is 23.7 Å². The average Bonchev–Trinajstić information content (AvgIpc) is 2.71. The van der Waals surface area contributed by atoms with Crippen LogP contribution in [0.4, 0.5) is 4.79 Å². The van der Waals surface area contributed by atoms with Crippen molar-refractivity contribution in [3.63, 3.8) is 0 Å². The van der Waals surface area contributed by atoms with E-state index in [1.54, 1.807) is 14.2 Å². The van der Waals surface area contributed by atoms with Gasteiger partial charge in [0.2, 0.25) is 0 Å². The van der Waals surface area contributed by atoms with Crippen molar-refractivity contribution in [1.82, 2.24) is 15.5 Å². The minimum absolute atomic E-state index is 0.00443. The molecule has 6 heteroatoms. The van der Waals surface area contributed by atoms with E-state index in [4.69, 9.17) is 9.47 Å². The van der Waals surface area contributed by atoms with Gasteiger partial charge < -0.3 is 20.1 Å². The molecule has 0 fully saturated rings. The highest BCUT2D eigenvalue weighted by Crippen LogP contribution is 2.40. The molecular weight excluding hydrogens is 402 g/mol.